The third-order valence-corrected chi connectivity index (χ3v) is 7.75. The van der Waals surface area contributed by atoms with Gasteiger partial charge in [0.25, 0.3) is 0 Å². The second-order valence-electron chi connectivity index (χ2n) is 9.02. The molecule has 2 aromatic rings. The first-order valence-electron chi connectivity index (χ1n) is 10.4. The van der Waals surface area contributed by atoms with Crippen LogP contribution in [0.4, 0.5) is 0 Å². The Morgan fingerprint density at radius 3 is 2.89 bits per heavy atom. The number of aromatic nitrogens is 2. The summed E-state index contributed by atoms with van der Waals surface area (Å²) in [5, 5.41) is 4.25. The van der Waals surface area contributed by atoms with E-state index in [9.17, 15) is 4.79 Å². The van der Waals surface area contributed by atoms with Crippen LogP contribution >= 0.6 is 0 Å². The number of ketones is 1. The first-order valence-corrected chi connectivity index (χ1v) is 10.4. The van der Waals surface area contributed by atoms with Crippen molar-refractivity contribution >= 4 is 11.9 Å². The summed E-state index contributed by atoms with van der Waals surface area (Å²) in [6.07, 6.45) is 9.16. The summed E-state index contributed by atoms with van der Waals surface area (Å²) in [6, 6.07) is 8.57. The second kappa shape index (κ2) is 6.33. The molecule has 0 spiro atoms. The number of ether oxygens (including phenoxy) is 1. The number of benzene rings is 1. The summed E-state index contributed by atoms with van der Waals surface area (Å²) in [5.74, 6) is 2.96. The normalized spacial score (nSPS) is 32.8. The van der Waals surface area contributed by atoms with Crippen molar-refractivity contribution in [3.63, 3.8) is 0 Å². The molecule has 4 atom stereocenters. The van der Waals surface area contributed by atoms with Crippen LogP contribution in [0, 0.1) is 17.3 Å². The van der Waals surface area contributed by atoms with Crippen LogP contribution in [0.5, 0.6) is 5.75 Å². The fourth-order valence-corrected chi connectivity index (χ4v) is 6.19. The lowest BCUT2D eigenvalue weighted by Gasteiger charge is -2.48. The SMILES string of the molecule is COc1ccc2c(c1)CCC1C2CCC2(C)C(=O)C(=Cc3ccnn3C)CC12. The van der Waals surface area contributed by atoms with Crippen LogP contribution in [0.1, 0.15) is 55.3 Å². The zero-order chi connectivity index (χ0) is 19.5. The average Bonchev–Trinajstić information content (AvgIpc) is 3.22. The summed E-state index contributed by atoms with van der Waals surface area (Å²) >= 11 is 0. The molecule has 4 heteroatoms. The number of fused-ring (bicyclic) bond motifs is 5. The summed E-state index contributed by atoms with van der Waals surface area (Å²) in [6.45, 7) is 2.23. The lowest BCUT2D eigenvalue weighted by molar-refractivity contribution is -0.127. The van der Waals surface area contributed by atoms with Crippen molar-refractivity contribution < 1.29 is 9.53 Å². The van der Waals surface area contributed by atoms with Gasteiger partial charge in [-0.1, -0.05) is 13.0 Å². The molecule has 0 bridgehead atoms. The topological polar surface area (TPSA) is 44.1 Å². The molecule has 2 saturated carbocycles. The lowest BCUT2D eigenvalue weighted by atomic mass is 9.55. The number of carbonyl (C=O) groups is 1. The van der Waals surface area contributed by atoms with Gasteiger partial charge in [0.2, 0.25) is 0 Å². The molecule has 0 radical (unpaired) electrons. The van der Waals surface area contributed by atoms with Crippen LogP contribution < -0.4 is 4.74 Å². The highest BCUT2D eigenvalue weighted by molar-refractivity contribution is 6.05. The predicted octanol–water partition coefficient (Wildman–Crippen LogP) is 4.55. The Balaban J connectivity index is 1.49. The van der Waals surface area contributed by atoms with Gasteiger partial charge in [0.1, 0.15) is 5.75 Å². The molecule has 3 aliphatic rings. The van der Waals surface area contributed by atoms with E-state index in [-0.39, 0.29) is 5.41 Å². The number of methoxy groups -OCH3 is 1. The summed E-state index contributed by atoms with van der Waals surface area (Å²) in [4.78, 5) is 13.4. The first kappa shape index (κ1) is 17.7. The molecular weight excluding hydrogens is 348 g/mol. The lowest BCUT2D eigenvalue weighted by Crippen LogP contribution is -2.42. The summed E-state index contributed by atoms with van der Waals surface area (Å²) in [7, 11) is 3.67. The molecule has 3 aliphatic carbocycles. The number of Topliss-reactive ketones (excluding diaryl/α,β-unsaturated/α-hetero) is 1. The van der Waals surface area contributed by atoms with Crippen molar-refractivity contribution in [1.82, 2.24) is 9.78 Å². The number of hydrogen-bond acceptors (Lipinski definition) is 3. The van der Waals surface area contributed by atoms with Crippen LogP contribution in [-0.2, 0) is 18.3 Å². The van der Waals surface area contributed by atoms with Gasteiger partial charge in [-0.2, -0.15) is 5.10 Å². The molecule has 1 aromatic carbocycles. The number of hydrogen-bond donors (Lipinski definition) is 0. The van der Waals surface area contributed by atoms with E-state index in [0.29, 0.717) is 23.5 Å². The Morgan fingerprint density at radius 2 is 2.14 bits per heavy atom. The van der Waals surface area contributed by atoms with E-state index < -0.39 is 0 Å². The van der Waals surface area contributed by atoms with E-state index in [1.807, 2.05) is 17.8 Å². The minimum Gasteiger partial charge on any atom is -0.497 e. The second-order valence-corrected chi connectivity index (χ2v) is 9.02. The third kappa shape index (κ3) is 2.50. The minimum absolute atomic E-state index is 0.199. The van der Waals surface area contributed by atoms with Crippen molar-refractivity contribution in [2.24, 2.45) is 24.3 Å². The molecule has 5 rings (SSSR count). The standard InChI is InChI=1S/C24H28N2O2/c1-24-10-8-20-19-7-5-18(28-3)13-15(19)4-6-21(20)22(24)14-16(23(24)27)12-17-9-11-25-26(17)2/h5,7,9,11-13,20-22H,4,6,8,10,14H2,1-3H3. The van der Waals surface area contributed by atoms with E-state index in [1.165, 1.54) is 17.5 Å². The van der Waals surface area contributed by atoms with Crippen molar-refractivity contribution in [2.45, 2.75) is 44.9 Å². The van der Waals surface area contributed by atoms with Gasteiger partial charge in [-0.15, -0.1) is 0 Å². The first-order chi connectivity index (χ1) is 13.5. The average molecular weight is 377 g/mol. The molecule has 1 heterocycles. The Kier molecular flexibility index (Phi) is 4.01. The van der Waals surface area contributed by atoms with Gasteiger partial charge in [0, 0.05) is 18.7 Å². The number of allylic oxidation sites excluding steroid dienone is 1. The molecule has 146 valence electrons. The highest BCUT2D eigenvalue weighted by Crippen LogP contribution is 2.60. The molecule has 0 saturated heterocycles. The zero-order valence-electron chi connectivity index (χ0n) is 16.9. The van der Waals surface area contributed by atoms with Crippen LogP contribution in [0.15, 0.2) is 36.0 Å². The Labute approximate surface area is 166 Å². The maximum absolute atomic E-state index is 13.4. The van der Waals surface area contributed by atoms with E-state index in [4.69, 9.17) is 4.74 Å². The Morgan fingerprint density at radius 1 is 1.29 bits per heavy atom. The van der Waals surface area contributed by atoms with E-state index in [2.05, 4.69) is 36.3 Å². The summed E-state index contributed by atoms with van der Waals surface area (Å²) < 4.78 is 7.28. The van der Waals surface area contributed by atoms with E-state index in [1.54, 1.807) is 13.3 Å². The van der Waals surface area contributed by atoms with Gasteiger partial charge in [0.05, 0.1) is 12.8 Å². The van der Waals surface area contributed by atoms with Crippen molar-refractivity contribution in [3.05, 3.63) is 52.9 Å². The van der Waals surface area contributed by atoms with Gasteiger partial charge >= 0.3 is 0 Å². The van der Waals surface area contributed by atoms with Gasteiger partial charge in [-0.25, -0.2) is 0 Å². The molecule has 0 N–H and O–H groups in total. The molecule has 4 nitrogen and oxygen atoms in total. The number of carbonyl (C=O) groups excluding carboxylic acids is 1. The molecular formula is C24H28N2O2. The number of nitrogens with zero attached hydrogens (tertiary/aromatic N) is 2. The van der Waals surface area contributed by atoms with Gasteiger partial charge in [-0.05, 0) is 90.8 Å². The number of aryl methyl sites for hydroxylation is 2. The van der Waals surface area contributed by atoms with Crippen LogP contribution in [0.3, 0.4) is 0 Å². The highest BCUT2D eigenvalue weighted by Gasteiger charge is 2.56. The molecule has 0 aliphatic heterocycles. The predicted molar refractivity (Wildman–Crippen MR) is 109 cm³/mol. The van der Waals surface area contributed by atoms with E-state index >= 15 is 0 Å². The fraction of sp³-hybridized carbons (Fsp3) is 0.500. The van der Waals surface area contributed by atoms with Crippen LogP contribution in [0.2, 0.25) is 0 Å². The maximum Gasteiger partial charge on any atom is 0.165 e. The fourth-order valence-electron chi connectivity index (χ4n) is 6.19. The van der Waals surface area contributed by atoms with Crippen molar-refractivity contribution in [3.8, 4) is 5.75 Å². The van der Waals surface area contributed by atoms with E-state index in [0.717, 1.165) is 42.7 Å². The van der Waals surface area contributed by atoms with Gasteiger partial charge in [0.15, 0.2) is 5.78 Å². The minimum atomic E-state index is -0.199. The molecule has 0 amide bonds. The molecule has 28 heavy (non-hydrogen) atoms. The van der Waals surface area contributed by atoms with Crippen LogP contribution in [-0.4, -0.2) is 22.7 Å². The smallest absolute Gasteiger partial charge is 0.165 e. The van der Waals surface area contributed by atoms with Crippen molar-refractivity contribution in [1.29, 1.82) is 0 Å². The zero-order valence-corrected chi connectivity index (χ0v) is 16.9. The number of rotatable bonds is 2. The van der Waals surface area contributed by atoms with Crippen LogP contribution in [0.25, 0.3) is 6.08 Å². The quantitative estimate of drug-likeness (QED) is 0.723. The molecule has 2 fully saturated rings. The molecule has 4 unspecified atom stereocenters. The summed E-state index contributed by atoms with van der Waals surface area (Å²) in [5.41, 5.74) is 4.76. The largest absolute Gasteiger partial charge is 0.497 e. The van der Waals surface area contributed by atoms with Crippen molar-refractivity contribution in [2.75, 3.05) is 7.11 Å². The Bertz CT molecular complexity index is 973. The monoisotopic (exact) mass is 376 g/mol. The highest BCUT2D eigenvalue weighted by atomic mass is 16.5. The van der Waals surface area contributed by atoms with Gasteiger partial charge < -0.3 is 4.74 Å². The third-order valence-electron chi connectivity index (χ3n) is 7.75. The maximum atomic E-state index is 13.4. The molecule has 1 aromatic heterocycles. The Hall–Kier alpha value is -2.36. The van der Waals surface area contributed by atoms with Gasteiger partial charge in [-0.3, -0.25) is 9.48 Å².